The summed E-state index contributed by atoms with van der Waals surface area (Å²) in [5.74, 6) is -0.707. The van der Waals surface area contributed by atoms with Crippen LogP contribution in [0, 0.1) is 0 Å². The van der Waals surface area contributed by atoms with E-state index in [0.29, 0.717) is 16.7 Å². The zero-order valence-electron chi connectivity index (χ0n) is 11.2. The number of fused-ring (bicyclic) bond motifs is 1. The van der Waals surface area contributed by atoms with Crippen molar-refractivity contribution in [1.29, 1.82) is 0 Å². The van der Waals surface area contributed by atoms with E-state index in [0.717, 1.165) is 11.3 Å². The van der Waals surface area contributed by atoms with E-state index in [1.807, 2.05) is 29.0 Å². The molecule has 0 aliphatic heterocycles. The number of rotatable bonds is 4. The molecule has 0 amide bonds. The van der Waals surface area contributed by atoms with Crippen LogP contribution < -0.4 is 4.74 Å². The summed E-state index contributed by atoms with van der Waals surface area (Å²) in [6.07, 6.45) is 3.81. The molecular weight excluding hydrogens is 288 g/mol. The highest BCUT2D eigenvalue weighted by atomic mass is 32.1. The highest BCUT2D eigenvalue weighted by Crippen LogP contribution is 2.32. The average molecular weight is 300 g/mol. The van der Waals surface area contributed by atoms with Crippen molar-refractivity contribution in [2.24, 2.45) is 0 Å². The van der Waals surface area contributed by atoms with Crippen LogP contribution in [-0.2, 0) is 0 Å². The number of hydrogen-bond acceptors (Lipinski definition) is 4. The van der Waals surface area contributed by atoms with Gasteiger partial charge in [0, 0.05) is 0 Å². The van der Waals surface area contributed by atoms with E-state index < -0.39 is 5.97 Å². The number of H-pyrrole nitrogens is 1. The van der Waals surface area contributed by atoms with Crippen molar-refractivity contribution in [3.8, 4) is 5.75 Å². The fourth-order valence-electron chi connectivity index (χ4n) is 2.15. The molecule has 106 valence electrons. The second kappa shape index (κ2) is 5.41. The number of methoxy groups -OCH3 is 1. The molecule has 6 heteroatoms. The van der Waals surface area contributed by atoms with Gasteiger partial charge in [0.1, 0.15) is 11.3 Å². The van der Waals surface area contributed by atoms with E-state index in [-0.39, 0.29) is 5.56 Å². The molecule has 0 radical (unpaired) electrons. The van der Waals surface area contributed by atoms with Crippen LogP contribution in [0.1, 0.15) is 21.6 Å². The summed E-state index contributed by atoms with van der Waals surface area (Å²) >= 11 is 1.61. The summed E-state index contributed by atoms with van der Waals surface area (Å²) in [6.45, 7) is 0. The Morgan fingerprint density at radius 2 is 2.24 bits per heavy atom. The lowest BCUT2D eigenvalue weighted by atomic mass is 10.1. The number of thiophene rings is 1. The first-order chi connectivity index (χ1) is 10.2. The summed E-state index contributed by atoms with van der Waals surface area (Å²) in [7, 11) is 1.46. The van der Waals surface area contributed by atoms with Crippen LogP contribution >= 0.6 is 11.3 Å². The van der Waals surface area contributed by atoms with Crippen molar-refractivity contribution in [3.63, 3.8) is 0 Å². The number of hydrogen-bond donors (Lipinski definition) is 2. The number of aromatic carboxylic acids is 1. The Morgan fingerprint density at radius 1 is 1.38 bits per heavy atom. The molecule has 0 saturated carbocycles. The van der Waals surface area contributed by atoms with Gasteiger partial charge < -0.3 is 9.84 Å². The van der Waals surface area contributed by atoms with Crippen LogP contribution in [0.5, 0.6) is 5.75 Å². The minimum atomic E-state index is -1.03. The van der Waals surface area contributed by atoms with Crippen molar-refractivity contribution >= 4 is 40.4 Å². The summed E-state index contributed by atoms with van der Waals surface area (Å²) in [4.78, 5) is 11.3. The lowest BCUT2D eigenvalue weighted by Crippen LogP contribution is -2.00. The number of nitrogens with one attached hydrogen (secondary N) is 1. The van der Waals surface area contributed by atoms with E-state index in [2.05, 4.69) is 10.2 Å². The van der Waals surface area contributed by atoms with Crippen molar-refractivity contribution in [1.82, 2.24) is 10.2 Å². The first-order valence-corrected chi connectivity index (χ1v) is 7.13. The monoisotopic (exact) mass is 300 g/mol. The van der Waals surface area contributed by atoms with E-state index in [4.69, 9.17) is 4.74 Å². The number of aromatic amines is 1. The van der Waals surface area contributed by atoms with Gasteiger partial charge in [0.15, 0.2) is 0 Å². The SMILES string of the molecule is COc1c(C(=O)O)ccc2n[nH]c(/C=C/c3ccsc3)c12. The van der Waals surface area contributed by atoms with Crippen molar-refractivity contribution in [2.45, 2.75) is 0 Å². The first-order valence-electron chi connectivity index (χ1n) is 6.19. The van der Waals surface area contributed by atoms with Crippen LogP contribution in [0.2, 0.25) is 0 Å². The highest BCUT2D eigenvalue weighted by molar-refractivity contribution is 7.08. The molecule has 5 nitrogen and oxygen atoms in total. The number of ether oxygens (including phenoxy) is 1. The molecule has 0 aliphatic carbocycles. The number of aromatic nitrogens is 2. The largest absolute Gasteiger partial charge is 0.495 e. The molecule has 0 fully saturated rings. The van der Waals surface area contributed by atoms with Gasteiger partial charge in [-0.25, -0.2) is 4.79 Å². The number of benzene rings is 1. The third-order valence-electron chi connectivity index (χ3n) is 3.12. The Bertz CT molecular complexity index is 819. The second-order valence-electron chi connectivity index (χ2n) is 4.37. The normalized spacial score (nSPS) is 11.3. The predicted molar refractivity (Wildman–Crippen MR) is 82.9 cm³/mol. The molecule has 2 aromatic heterocycles. The van der Waals surface area contributed by atoms with Gasteiger partial charge in [-0.1, -0.05) is 6.08 Å². The third-order valence-corrected chi connectivity index (χ3v) is 3.82. The van der Waals surface area contributed by atoms with Gasteiger partial charge in [0.2, 0.25) is 0 Å². The van der Waals surface area contributed by atoms with Gasteiger partial charge in [-0.3, -0.25) is 5.10 Å². The van der Waals surface area contributed by atoms with Crippen molar-refractivity contribution in [2.75, 3.05) is 7.11 Å². The van der Waals surface area contributed by atoms with E-state index in [1.165, 1.54) is 13.2 Å². The van der Waals surface area contributed by atoms with Crippen LogP contribution in [0.25, 0.3) is 23.1 Å². The standard InChI is InChI=1S/C15H12N2O3S/c1-20-14-10(15(18)19)3-5-12-13(14)11(16-17-12)4-2-9-6-7-21-8-9/h2-8H,1H3,(H,16,17)(H,18,19)/b4-2+. The van der Waals surface area contributed by atoms with E-state index >= 15 is 0 Å². The maximum Gasteiger partial charge on any atom is 0.339 e. The van der Waals surface area contributed by atoms with Gasteiger partial charge in [-0.05, 0) is 40.6 Å². The maximum absolute atomic E-state index is 11.3. The summed E-state index contributed by atoms with van der Waals surface area (Å²) in [5.41, 5.74) is 2.59. The summed E-state index contributed by atoms with van der Waals surface area (Å²) in [6, 6.07) is 5.16. The van der Waals surface area contributed by atoms with Crippen LogP contribution in [-0.4, -0.2) is 28.4 Å². The van der Waals surface area contributed by atoms with Gasteiger partial charge in [0.05, 0.1) is 23.7 Å². The highest BCUT2D eigenvalue weighted by Gasteiger charge is 2.17. The topological polar surface area (TPSA) is 75.2 Å². The first kappa shape index (κ1) is 13.4. The second-order valence-corrected chi connectivity index (χ2v) is 5.15. The third kappa shape index (κ3) is 2.41. The lowest BCUT2D eigenvalue weighted by molar-refractivity contribution is 0.0693. The lowest BCUT2D eigenvalue weighted by Gasteiger charge is -2.06. The van der Waals surface area contributed by atoms with Gasteiger partial charge in [-0.2, -0.15) is 16.4 Å². The molecule has 3 aromatic rings. The summed E-state index contributed by atoms with van der Waals surface area (Å²) in [5, 5.41) is 21.0. The van der Waals surface area contributed by atoms with E-state index in [1.54, 1.807) is 17.4 Å². The smallest absolute Gasteiger partial charge is 0.339 e. The minimum absolute atomic E-state index is 0.122. The molecule has 0 saturated heterocycles. The molecule has 21 heavy (non-hydrogen) atoms. The molecule has 2 heterocycles. The Morgan fingerprint density at radius 3 is 2.90 bits per heavy atom. The Hall–Kier alpha value is -2.60. The molecule has 0 aliphatic rings. The Labute approximate surface area is 124 Å². The quantitative estimate of drug-likeness (QED) is 0.773. The fraction of sp³-hybridized carbons (Fsp3) is 0.0667. The number of carboxylic acids is 1. The van der Waals surface area contributed by atoms with Crippen molar-refractivity contribution < 1.29 is 14.6 Å². The molecular formula is C15H12N2O3S. The number of carbonyl (C=O) groups is 1. The minimum Gasteiger partial charge on any atom is -0.495 e. The average Bonchev–Trinajstić information content (AvgIpc) is 3.13. The van der Waals surface area contributed by atoms with Crippen LogP contribution in [0.3, 0.4) is 0 Å². The molecule has 0 unspecified atom stereocenters. The van der Waals surface area contributed by atoms with E-state index in [9.17, 15) is 9.90 Å². The van der Waals surface area contributed by atoms with Crippen molar-refractivity contribution in [3.05, 3.63) is 45.8 Å². The molecule has 3 rings (SSSR count). The zero-order chi connectivity index (χ0) is 14.8. The fourth-order valence-corrected chi connectivity index (χ4v) is 2.78. The Balaban J connectivity index is 2.15. The molecule has 0 bridgehead atoms. The van der Waals surface area contributed by atoms with Crippen LogP contribution in [0.15, 0.2) is 29.0 Å². The molecule has 0 spiro atoms. The van der Waals surface area contributed by atoms with Crippen LogP contribution in [0.4, 0.5) is 0 Å². The Kier molecular flexibility index (Phi) is 3.45. The van der Waals surface area contributed by atoms with Gasteiger partial charge in [0.25, 0.3) is 0 Å². The molecule has 0 atom stereocenters. The zero-order valence-corrected chi connectivity index (χ0v) is 12.0. The number of nitrogens with zero attached hydrogens (tertiary/aromatic N) is 1. The molecule has 2 N–H and O–H groups in total. The predicted octanol–water partition coefficient (Wildman–Crippen LogP) is 3.50. The number of carboxylic acid groups (broad SMARTS) is 1. The summed E-state index contributed by atoms with van der Waals surface area (Å²) < 4.78 is 5.28. The van der Waals surface area contributed by atoms with Gasteiger partial charge in [-0.15, -0.1) is 0 Å². The van der Waals surface area contributed by atoms with Gasteiger partial charge >= 0.3 is 5.97 Å². The molecule has 1 aromatic carbocycles. The maximum atomic E-state index is 11.3.